The Bertz CT molecular complexity index is 758. The Labute approximate surface area is 122 Å². The van der Waals surface area contributed by atoms with Crippen molar-refractivity contribution in [3.05, 3.63) is 48.8 Å². The van der Waals surface area contributed by atoms with Crippen molar-refractivity contribution in [1.82, 2.24) is 24.4 Å². The average molecular weight is 283 g/mol. The second-order valence-corrected chi connectivity index (χ2v) is 4.91. The van der Waals surface area contributed by atoms with Gasteiger partial charge in [0.25, 0.3) is 0 Å². The molecule has 2 heterocycles. The van der Waals surface area contributed by atoms with Crippen molar-refractivity contribution in [3.8, 4) is 0 Å². The van der Waals surface area contributed by atoms with Gasteiger partial charge in [0.1, 0.15) is 5.82 Å². The largest absolute Gasteiger partial charge is 0.349 e. The third-order valence-corrected chi connectivity index (χ3v) is 3.47. The summed E-state index contributed by atoms with van der Waals surface area (Å²) in [7, 11) is 1.91. The second kappa shape index (κ2) is 5.78. The molecule has 6 heteroatoms. The van der Waals surface area contributed by atoms with Gasteiger partial charge in [0, 0.05) is 32.4 Å². The summed E-state index contributed by atoms with van der Waals surface area (Å²) >= 11 is 0. The molecule has 0 saturated carbocycles. The number of carbonyl (C=O) groups excluding carboxylic acids is 1. The first-order valence-corrected chi connectivity index (χ1v) is 6.87. The molecule has 0 radical (unpaired) electrons. The van der Waals surface area contributed by atoms with Gasteiger partial charge in [-0.15, -0.1) is 0 Å². The number of hydrogen-bond donors (Lipinski definition) is 1. The molecule has 1 aromatic carbocycles. The van der Waals surface area contributed by atoms with Gasteiger partial charge in [-0.1, -0.05) is 12.1 Å². The predicted octanol–water partition coefficient (Wildman–Crippen LogP) is 1.48. The summed E-state index contributed by atoms with van der Waals surface area (Å²) < 4.78 is 3.89. The van der Waals surface area contributed by atoms with E-state index in [0.717, 1.165) is 16.9 Å². The highest BCUT2D eigenvalue weighted by Crippen LogP contribution is 2.11. The van der Waals surface area contributed by atoms with Crippen LogP contribution in [0.2, 0.25) is 0 Å². The summed E-state index contributed by atoms with van der Waals surface area (Å²) in [6.07, 6.45) is 5.78. The van der Waals surface area contributed by atoms with Crippen LogP contribution in [0.25, 0.3) is 11.0 Å². The van der Waals surface area contributed by atoms with E-state index in [4.69, 9.17) is 0 Å². The third-order valence-electron chi connectivity index (χ3n) is 3.47. The Morgan fingerprint density at radius 1 is 1.29 bits per heavy atom. The minimum Gasteiger partial charge on any atom is -0.349 e. The number of benzene rings is 1. The number of hydrogen-bond acceptors (Lipinski definition) is 3. The Morgan fingerprint density at radius 2 is 2.14 bits per heavy atom. The molecule has 0 saturated heterocycles. The van der Waals surface area contributed by atoms with Gasteiger partial charge in [0.05, 0.1) is 23.9 Å². The zero-order valence-electron chi connectivity index (χ0n) is 11.9. The van der Waals surface area contributed by atoms with Gasteiger partial charge in [-0.25, -0.2) is 9.97 Å². The minimum atomic E-state index is 0.00998. The average Bonchev–Trinajstić information content (AvgIpc) is 3.09. The van der Waals surface area contributed by atoms with Crippen LogP contribution in [0.1, 0.15) is 12.2 Å². The SMILES string of the molecule is Cn1ccnc1CNC(=O)CCn1cnc2ccccc21. The fourth-order valence-corrected chi connectivity index (χ4v) is 2.24. The van der Waals surface area contributed by atoms with Crippen LogP contribution >= 0.6 is 0 Å². The molecule has 2 aromatic heterocycles. The van der Waals surface area contributed by atoms with Crippen molar-refractivity contribution in [2.24, 2.45) is 7.05 Å². The van der Waals surface area contributed by atoms with E-state index >= 15 is 0 Å². The molecule has 3 aromatic rings. The molecule has 0 spiro atoms. The van der Waals surface area contributed by atoms with E-state index in [0.29, 0.717) is 19.5 Å². The smallest absolute Gasteiger partial charge is 0.222 e. The van der Waals surface area contributed by atoms with Crippen molar-refractivity contribution < 1.29 is 4.79 Å². The summed E-state index contributed by atoms with van der Waals surface area (Å²) in [6.45, 7) is 1.07. The lowest BCUT2D eigenvalue weighted by Crippen LogP contribution is -2.25. The van der Waals surface area contributed by atoms with Gasteiger partial charge in [0.15, 0.2) is 0 Å². The van der Waals surface area contributed by atoms with Gasteiger partial charge in [-0.2, -0.15) is 0 Å². The normalized spacial score (nSPS) is 10.9. The second-order valence-electron chi connectivity index (χ2n) is 4.91. The van der Waals surface area contributed by atoms with Crippen LogP contribution in [-0.2, 0) is 24.9 Å². The maximum absolute atomic E-state index is 11.9. The Kier molecular flexibility index (Phi) is 3.68. The Hall–Kier alpha value is -2.63. The zero-order chi connectivity index (χ0) is 14.7. The lowest BCUT2D eigenvalue weighted by molar-refractivity contribution is -0.121. The summed E-state index contributed by atoms with van der Waals surface area (Å²) in [5, 5.41) is 2.88. The fourth-order valence-electron chi connectivity index (χ4n) is 2.24. The molecular formula is C15H17N5O. The number of carbonyl (C=O) groups is 1. The van der Waals surface area contributed by atoms with E-state index in [2.05, 4.69) is 15.3 Å². The van der Waals surface area contributed by atoms with Crippen molar-refractivity contribution in [2.45, 2.75) is 19.5 Å². The molecule has 1 N–H and O–H groups in total. The highest BCUT2D eigenvalue weighted by atomic mass is 16.1. The van der Waals surface area contributed by atoms with E-state index in [1.807, 2.05) is 46.6 Å². The molecule has 0 atom stereocenters. The van der Waals surface area contributed by atoms with Crippen LogP contribution in [0.5, 0.6) is 0 Å². The van der Waals surface area contributed by atoms with Crippen molar-refractivity contribution >= 4 is 16.9 Å². The van der Waals surface area contributed by atoms with E-state index in [1.54, 1.807) is 12.5 Å². The van der Waals surface area contributed by atoms with Crippen molar-refractivity contribution in [3.63, 3.8) is 0 Å². The Balaban J connectivity index is 1.55. The molecular weight excluding hydrogens is 266 g/mol. The van der Waals surface area contributed by atoms with Gasteiger partial charge in [0.2, 0.25) is 5.91 Å². The van der Waals surface area contributed by atoms with Crippen LogP contribution in [0, 0.1) is 0 Å². The highest BCUT2D eigenvalue weighted by Gasteiger charge is 2.06. The van der Waals surface area contributed by atoms with Gasteiger partial charge >= 0.3 is 0 Å². The topological polar surface area (TPSA) is 64.7 Å². The first-order valence-electron chi connectivity index (χ1n) is 6.87. The number of imidazole rings is 2. The van der Waals surface area contributed by atoms with E-state index in [1.165, 1.54) is 0 Å². The standard InChI is InChI=1S/C15H17N5O/c1-19-9-7-16-14(19)10-17-15(21)6-8-20-11-18-12-4-2-3-5-13(12)20/h2-5,7,9,11H,6,8,10H2,1H3,(H,17,21). The first kappa shape index (κ1) is 13.4. The number of aryl methyl sites for hydroxylation is 2. The summed E-state index contributed by atoms with van der Waals surface area (Å²) in [4.78, 5) is 20.4. The van der Waals surface area contributed by atoms with Gasteiger partial charge in [-0.3, -0.25) is 4.79 Å². The maximum Gasteiger partial charge on any atom is 0.222 e. The molecule has 0 aliphatic carbocycles. The van der Waals surface area contributed by atoms with Gasteiger partial charge in [-0.05, 0) is 12.1 Å². The molecule has 0 bridgehead atoms. The van der Waals surface area contributed by atoms with E-state index in [9.17, 15) is 4.79 Å². The number of rotatable bonds is 5. The van der Waals surface area contributed by atoms with E-state index < -0.39 is 0 Å². The van der Waals surface area contributed by atoms with Crippen LogP contribution in [0.3, 0.4) is 0 Å². The molecule has 3 rings (SSSR count). The zero-order valence-corrected chi connectivity index (χ0v) is 11.9. The summed E-state index contributed by atoms with van der Waals surface area (Å²) in [5.74, 6) is 0.854. The number of para-hydroxylation sites is 2. The van der Waals surface area contributed by atoms with Gasteiger partial charge < -0.3 is 14.5 Å². The molecule has 6 nitrogen and oxygen atoms in total. The maximum atomic E-state index is 11.9. The van der Waals surface area contributed by atoms with E-state index in [-0.39, 0.29) is 5.91 Å². The number of nitrogens with one attached hydrogen (secondary N) is 1. The fraction of sp³-hybridized carbons (Fsp3) is 0.267. The molecule has 0 fully saturated rings. The number of amides is 1. The Morgan fingerprint density at radius 3 is 2.95 bits per heavy atom. The molecule has 108 valence electrons. The summed E-state index contributed by atoms with van der Waals surface area (Å²) in [6, 6.07) is 7.90. The molecule has 1 amide bonds. The predicted molar refractivity (Wildman–Crippen MR) is 79.4 cm³/mol. The number of fused-ring (bicyclic) bond motifs is 1. The highest BCUT2D eigenvalue weighted by molar-refractivity contribution is 5.77. The minimum absolute atomic E-state index is 0.00998. The first-order chi connectivity index (χ1) is 10.2. The molecule has 0 aliphatic heterocycles. The lowest BCUT2D eigenvalue weighted by atomic mass is 10.3. The quantitative estimate of drug-likeness (QED) is 0.771. The van der Waals surface area contributed by atoms with Crippen molar-refractivity contribution in [1.29, 1.82) is 0 Å². The van der Waals surface area contributed by atoms with Crippen LogP contribution in [0.15, 0.2) is 43.0 Å². The van der Waals surface area contributed by atoms with Crippen LogP contribution in [-0.4, -0.2) is 25.0 Å². The summed E-state index contributed by atoms with van der Waals surface area (Å²) in [5.41, 5.74) is 2.00. The van der Waals surface area contributed by atoms with Crippen molar-refractivity contribution in [2.75, 3.05) is 0 Å². The molecule has 21 heavy (non-hydrogen) atoms. The lowest BCUT2D eigenvalue weighted by Gasteiger charge is -2.06. The number of nitrogens with zero attached hydrogens (tertiary/aromatic N) is 4. The third kappa shape index (κ3) is 2.94. The molecule has 0 aliphatic rings. The monoisotopic (exact) mass is 283 g/mol. The van der Waals surface area contributed by atoms with Crippen LogP contribution < -0.4 is 5.32 Å². The van der Waals surface area contributed by atoms with Crippen LogP contribution in [0.4, 0.5) is 0 Å². The molecule has 0 unspecified atom stereocenters. The number of aromatic nitrogens is 4.